The van der Waals surface area contributed by atoms with Gasteiger partial charge in [-0.1, -0.05) is 34.6 Å². The Morgan fingerprint density at radius 2 is 1.33 bits per heavy atom. The van der Waals surface area contributed by atoms with Crippen LogP contribution in [0.1, 0.15) is 107 Å². The fourth-order valence-corrected chi connectivity index (χ4v) is 14.1. The third kappa shape index (κ3) is 6.42. The molecule has 3 aliphatic heterocycles. The average molecular weight is 787 g/mol. The number of aliphatic hydroxyl groups excluding tert-OH is 9. The Bertz CT molecular complexity index is 1400. The molecule has 55 heavy (non-hydrogen) atoms. The number of ether oxygens (including phenoxy) is 5. The van der Waals surface area contributed by atoms with Gasteiger partial charge >= 0.3 is 0 Å². The van der Waals surface area contributed by atoms with Crippen molar-refractivity contribution in [1.29, 1.82) is 0 Å². The first-order chi connectivity index (χ1) is 25.5. The Balaban J connectivity index is 1.12. The molecule has 3 saturated heterocycles. The molecule has 0 aromatic carbocycles. The van der Waals surface area contributed by atoms with Crippen LogP contribution < -0.4 is 0 Å². The maximum atomic E-state index is 12.3. The summed E-state index contributed by atoms with van der Waals surface area (Å²) < 4.78 is 30.9. The Kier molecular flexibility index (Phi) is 11.1. The van der Waals surface area contributed by atoms with Crippen LogP contribution in [0.4, 0.5) is 0 Å². The van der Waals surface area contributed by atoms with E-state index in [9.17, 15) is 46.0 Å². The zero-order chi connectivity index (χ0) is 40.4. The fourth-order valence-electron chi connectivity index (χ4n) is 14.1. The largest absolute Gasteiger partial charge is 0.394 e. The molecule has 21 atom stereocenters. The second-order valence-electron chi connectivity index (χ2n) is 20.7. The fraction of sp³-hybridized carbons (Fsp3) is 1.00. The molecule has 14 heteroatoms. The first kappa shape index (κ1) is 42.6. The summed E-state index contributed by atoms with van der Waals surface area (Å²) in [7, 11) is 0. The van der Waals surface area contributed by atoms with Crippen molar-refractivity contribution in [3.8, 4) is 0 Å². The first-order valence-corrected chi connectivity index (χ1v) is 20.8. The van der Waals surface area contributed by atoms with E-state index in [1.807, 2.05) is 13.8 Å². The van der Waals surface area contributed by atoms with Gasteiger partial charge in [-0.15, -0.1) is 0 Å². The van der Waals surface area contributed by atoms with Crippen LogP contribution >= 0.6 is 0 Å². The predicted molar refractivity (Wildman–Crippen MR) is 196 cm³/mol. The van der Waals surface area contributed by atoms with E-state index < -0.39 is 103 Å². The summed E-state index contributed by atoms with van der Waals surface area (Å²) in [6, 6.07) is 0. The zero-order valence-corrected chi connectivity index (χ0v) is 34.0. The highest BCUT2D eigenvalue weighted by molar-refractivity contribution is 5.21. The van der Waals surface area contributed by atoms with Gasteiger partial charge in [0.15, 0.2) is 12.6 Å². The van der Waals surface area contributed by atoms with Crippen LogP contribution in [-0.4, -0.2) is 150 Å². The van der Waals surface area contributed by atoms with Crippen LogP contribution in [0.2, 0.25) is 0 Å². The highest BCUT2D eigenvalue weighted by atomic mass is 16.8. The number of rotatable bonds is 6. The molecule has 0 aromatic rings. The van der Waals surface area contributed by atoms with Crippen molar-refractivity contribution in [3.05, 3.63) is 0 Å². The molecule has 4 aliphatic carbocycles. The summed E-state index contributed by atoms with van der Waals surface area (Å²) in [5, 5.41) is 97.0. The Labute approximate surface area is 325 Å². The molecule has 9 N–H and O–H groups in total. The Morgan fingerprint density at radius 3 is 1.98 bits per heavy atom. The number of hydrogen-bond acceptors (Lipinski definition) is 14. The van der Waals surface area contributed by atoms with E-state index in [1.165, 1.54) is 0 Å². The van der Waals surface area contributed by atoms with Gasteiger partial charge in [-0.3, -0.25) is 0 Å². The van der Waals surface area contributed by atoms with Gasteiger partial charge in [-0.05, 0) is 111 Å². The molecular weight excluding hydrogens is 716 g/mol. The quantitative estimate of drug-likeness (QED) is 0.171. The van der Waals surface area contributed by atoms with Crippen molar-refractivity contribution in [3.63, 3.8) is 0 Å². The van der Waals surface area contributed by atoms with E-state index in [0.29, 0.717) is 19.3 Å². The molecule has 0 amide bonds. The standard InChI is InChI=1S/C41H70O14/c1-36(2)24-10-14-39(6)25(15-20(43)27-19(9-13-40(27,39)7)41(8)16-21(44)33(50)37(3,4)55-41)38(24,5)12-11-26(36)53-35-32(30(48)29(47)23(17-42)52-35)54-34-31(49)28(46)22(45)18-51-34/h19-35,42-50H,9-18H2,1-8H3/t19-,20+,21+,22+,23+,24+,25+,26-,27-,28-,29-,30+,31-,32+,33-,34+,35+,38-,39+,40-,41-/m1/s1. The predicted octanol–water partition coefficient (Wildman–Crippen LogP) is 0.970. The van der Waals surface area contributed by atoms with Gasteiger partial charge in [0.05, 0.1) is 42.7 Å². The lowest BCUT2D eigenvalue weighted by Gasteiger charge is -2.71. The van der Waals surface area contributed by atoms with Crippen LogP contribution in [0.25, 0.3) is 0 Å². The van der Waals surface area contributed by atoms with Gasteiger partial charge in [0.1, 0.15) is 48.8 Å². The topological polar surface area (TPSA) is 228 Å². The van der Waals surface area contributed by atoms with Crippen molar-refractivity contribution in [2.75, 3.05) is 13.2 Å². The number of aliphatic hydroxyl groups is 9. The molecule has 0 unspecified atom stereocenters. The van der Waals surface area contributed by atoms with E-state index in [2.05, 4.69) is 41.5 Å². The maximum Gasteiger partial charge on any atom is 0.187 e. The minimum Gasteiger partial charge on any atom is -0.394 e. The van der Waals surface area contributed by atoms with Crippen molar-refractivity contribution >= 4 is 0 Å². The zero-order valence-electron chi connectivity index (χ0n) is 34.0. The van der Waals surface area contributed by atoms with Crippen LogP contribution in [0.5, 0.6) is 0 Å². The summed E-state index contributed by atoms with van der Waals surface area (Å²) >= 11 is 0. The summed E-state index contributed by atoms with van der Waals surface area (Å²) in [4.78, 5) is 0. The lowest BCUT2D eigenvalue weighted by Crippen LogP contribution is -2.68. The summed E-state index contributed by atoms with van der Waals surface area (Å²) in [5.74, 6) is 0.392. The summed E-state index contributed by atoms with van der Waals surface area (Å²) in [6.07, 6.45) is -9.59. The minimum absolute atomic E-state index is 0.0218. The number of hydrogen-bond donors (Lipinski definition) is 9. The summed E-state index contributed by atoms with van der Waals surface area (Å²) in [6.45, 7) is 16.4. The van der Waals surface area contributed by atoms with Gasteiger partial charge in [0.25, 0.3) is 0 Å². The van der Waals surface area contributed by atoms with E-state index in [-0.39, 0.29) is 46.5 Å². The first-order valence-electron chi connectivity index (χ1n) is 20.8. The van der Waals surface area contributed by atoms with Crippen molar-refractivity contribution in [2.24, 2.45) is 45.3 Å². The molecule has 0 aromatic heterocycles. The minimum atomic E-state index is -1.64. The SMILES string of the molecule is CC1(C)O[C@@](C)([C@@H]2CC[C@]3(C)[C@H]2[C@@H](O)C[C@H]2[C@]4(C)CC[C@@H](O[C@@H]5O[C@@H](CO)[C@@H](O)[C@H](O)[C@@H]5O[C@@H]5OC[C@H](O)[C@@H](O)[C@H]5O)C(C)(C)[C@@H]4CC[C@@]23C)C[C@H](O)[C@H]1O. The van der Waals surface area contributed by atoms with E-state index in [1.54, 1.807) is 0 Å². The molecule has 3 heterocycles. The normalized spacial score (nSPS) is 57.7. The third-order valence-electron chi connectivity index (χ3n) is 17.2. The molecular formula is C41H70O14. The van der Waals surface area contributed by atoms with Gasteiger partial charge in [0.2, 0.25) is 0 Å². The lowest BCUT2D eigenvalue weighted by molar-refractivity contribution is -0.370. The molecule has 0 radical (unpaired) electrons. The monoisotopic (exact) mass is 786 g/mol. The maximum absolute atomic E-state index is 12.3. The van der Waals surface area contributed by atoms with E-state index in [4.69, 9.17) is 23.7 Å². The van der Waals surface area contributed by atoms with Crippen LogP contribution in [0.15, 0.2) is 0 Å². The second kappa shape index (κ2) is 14.3. The third-order valence-corrected chi connectivity index (χ3v) is 17.2. The highest BCUT2D eigenvalue weighted by Crippen LogP contribution is 2.76. The van der Waals surface area contributed by atoms with Crippen LogP contribution in [0.3, 0.4) is 0 Å². The molecule has 0 bridgehead atoms. The van der Waals surface area contributed by atoms with Gasteiger partial charge in [0, 0.05) is 6.42 Å². The van der Waals surface area contributed by atoms with Crippen molar-refractivity contribution in [1.82, 2.24) is 0 Å². The van der Waals surface area contributed by atoms with Crippen LogP contribution in [0, 0.1) is 45.3 Å². The van der Waals surface area contributed by atoms with Gasteiger partial charge in [-0.25, -0.2) is 0 Å². The Morgan fingerprint density at radius 1 is 0.655 bits per heavy atom. The molecule has 7 rings (SSSR count). The molecule has 7 fully saturated rings. The molecule has 14 nitrogen and oxygen atoms in total. The molecule has 0 spiro atoms. The Hall–Kier alpha value is -0.560. The molecule has 4 saturated carbocycles. The summed E-state index contributed by atoms with van der Waals surface area (Å²) in [5.41, 5.74) is -2.46. The average Bonchev–Trinajstić information content (AvgIpc) is 3.49. The van der Waals surface area contributed by atoms with Crippen LogP contribution in [-0.2, 0) is 23.7 Å². The van der Waals surface area contributed by atoms with Crippen molar-refractivity contribution < 1.29 is 69.6 Å². The second-order valence-corrected chi connectivity index (χ2v) is 20.7. The van der Waals surface area contributed by atoms with E-state index in [0.717, 1.165) is 32.1 Å². The molecule has 318 valence electrons. The highest BCUT2D eigenvalue weighted by Gasteiger charge is 2.72. The smallest absolute Gasteiger partial charge is 0.187 e. The molecule has 7 aliphatic rings. The number of fused-ring (bicyclic) bond motifs is 5. The lowest BCUT2D eigenvalue weighted by atomic mass is 9.35. The van der Waals surface area contributed by atoms with Crippen molar-refractivity contribution in [2.45, 2.75) is 198 Å². The van der Waals surface area contributed by atoms with Gasteiger partial charge in [-0.2, -0.15) is 0 Å². The van der Waals surface area contributed by atoms with E-state index >= 15 is 0 Å². The van der Waals surface area contributed by atoms with Gasteiger partial charge < -0.3 is 69.6 Å².